The van der Waals surface area contributed by atoms with Crippen LogP contribution in [-0.4, -0.2) is 24.4 Å². The molecule has 0 aliphatic carbocycles. The highest BCUT2D eigenvalue weighted by Crippen LogP contribution is 2.26. The van der Waals surface area contributed by atoms with Gasteiger partial charge in [0.2, 0.25) is 0 Å². The van der Waals surface area contributed by atoms with Gasteiger partial charge >= 0.3 is 0 Å². The van der Waals surface area contributed by atoms with Gasteiger partial charge < -0.3 is 15.2 Å². The summed E-state index contributed by atoms with van der Waals surface area (Å²) in [4.78, 5) is 0. The lowest BCUT2D eigenvalue weighted by atomic mass is 10.0. The van der Waals surface area contributed by atoms with Crippen LogP contribution < -0.4 is 5.32 Å². The Morgan fingerprint density at radius 1 is 0.893 bits per heavy atom. The van der Waals surface area contributed by atoms with Crippen LogP contribution >= 0.6 is 0 Å². The number of hydrogen-bond acceptors (Lipinski definition) is 3. The fourth-order valence-electron chi connectivity index (χ4n) is 3.01. The van der Waals surface area contributed by atoms with Gasteiger partial charge in [0.1, 0.15) is 11.9 Å². The first-order chi connectivity index (χ1) is 13.6. The number of aliphatic hydroxyl groups is 1. The molecule has 0 saturated heterocycles. The number of ether oxygens (including phenoxy) is 1. The lowest BCUT2D eigenvalue weighted by Gasteiger charge is -2.21. The zero-order valence-electron chi connectivity index (χ0n) is 16.0. The van der Waals surface area contributed by atoms with E-state index in [4.69, 9.17) is 4.74 Å². The minimum absolute atomic E-state index is 0.212. The summed E-state index contributed by atoms with van der Waals surface area (Å²) in [6, 6.07) is 24.6. The molecule has 146 valence electrons. The molecule has 0 aromatic heterocycles. The van der Waals surface area contributed by atoms with Gasteiger partial charge in [0, 0.05) is 13.1 Å². The molecule has 0 fully saturated rings. The van der Waals surface area contributed by atoms with Crippen LogP contribution in [0.1, 0.15) is 28.4 Å². The van der Waals surface area contributed by atoms with Crippen molar-refractivity contribution in [3.8, 4) is 0 Å². The molecule has 0 heterocycles. The Morgan fingerprint density at radius 3 is 2.21 bits per heavy atom. The highest BCUT2D eigenvalue weighted by atomic mass is 19.1. The molecule has 0 aliphatic rings. The van der Waals surface area contributed by atoms with Crippen LogP contribution in [-0.2, 0) is 11.3 Å². The molecule has 3 rings (SSSR count). The summed E-state index contributed by atoms with van der Waals surface area (Å²) in [7, 11) is 0. The number of benzene rings is 3. The van der Waals surface area contributed by atoms with Crippen molar-refractivity contribution in [1.29, 1.82) is 0 Å². The van der Waals surface area contributed by atoms with Gasteiger partial charge in [0.15, 0.2) is 0 Å². The lowest BCUT2D eigenvalue weighted by Crippen LogP contribution is -2.30. The van der Waals surface area contributed by atoms with E-state index >= 15 is 0 Å². The summed E-state index contributed by atoms with van der Waals surface area (Å²) in [6.07, 6.45) is -0.870. The number of halogens is 1. The normalized spacial score (nSPS) is 13.2. The SMILES string of the molecule is Cc1ccc([C@@H](OC[C@H](O)CNCc2ccc(F)cc2)c2ccccc2)cc1. The van der Waals surface area contributed by atoms with Crippen molar-refractivity contribution in [2.24, 2.45) is 0 Å². The molecule has 0 unspecified atom stereocenters. The van der Waals surface area contributed by atoms with Gasteiger partial charge in [-0.1, -0.05) is 72.3 Å². The Kier molecular flexibility index (Phi) is 7.31. The van der Waals surface area contributed by atoms with E-state index in [1.807, 2.05) is 30.3 Å². The van der Waals surface area contributed by atoms with E-state index in [-0.39, 0.29) is 18.5 Å². The third-order valence-electron chi connectivity index (χ3n) is 4.56. The summed E-state index contributed by atoms with van der Waals surface area (Å²) in [6.45, 7) is 3.23. The molecule has 3 aromatic rings. The third kappa shape index (κ3) is 5.99. The van der Waals surface area contributed by atoms with Crippen LogP contribution in [0.3, 0.4) is 0 Å². The highest BCUT2D eigenvalue weighted by molar-refractivity contribution is 5.31. The van der Waals surface area contributed by atoms with Crippen molar-refractivity contribution in [3.63, 3.8) is 0 Å². The van der Waals surface area contributed by atoms with Crippen LogP contribution in [0, 0.1) is 12.7 Å². The Labute approximate surface area is 165 Å². The molecular formula is C24H26FNO2. The second-order valence-electron chi connectivity index (χ2n) is 6.95. The van der Waals surface area contributed by atoms with E-state index in [0.29, 0.717) is 13.1 Å². The Bertz CT molecular complexity index is 835. The fraction of sp³-hybridized carbons (Fsp3) is 0.250. The lowest BCUT2D eigenvalue weighted by molar-refractivity contribution is 0.00649. The standard InChI is InChI=1S/C24H26FNO2/c1-18-7-11-21(12-8-18)24(20-5-3-2-4-6-20)28-17-23(27)16-26-15-19-9-13-22(25)14-10-19/h2-14,23-24,26-27H,15-17H2,1H3/t23-,24+/m1/s1. The van der Waals surface area contributed by atoms with Crippen LogP contribution in [0.5, 0.6) is 0 Å². The topological polar surface area (TPSA) is 41.5 Å². The quantitative estimate of drug-likeness (QED) is 0.579. The first-order valence-electron chi connectivity index (χ1n) is 9.48. The van der Waals surface area contributed by atoms with Crippen molar-refractivity contribution in [2.75, 3.05) is 13.2 Å². The van der Waals surface area contributed by atoms with Crippen LogP contribution in [0.2, 0.25) is 0 Å². The highest BCUT2D eigenvalue weighted by Gasteiger charge is 2.16. The first kappa shape index (κ1) is 20.2. The number of aryl methyl sites for hydroxylation is 1. The Morgan fingerprint density at radius 2 is 1.54 bits per heavy atom. The van der Waals surface area contributed by atoms with E-state index in [2.05, 4.69) is 36.5 Å². The zero-order chi connectivity index (χ0) is 19.8. The summed E-state index contributed by atoms with van der Waals surface area (Å²) < 4.78 is 19.0. The summed E-state index contributed by atoms with van der Waals surface area (Å²) in [5.74, 6) is -0.250. The molecule has 2 atom stereocenters. The summed E-state index contributed by atoms with van der Waals surface area (Å²) >= 11 is 0. The Hall–Kier alpha value is -2.53. The largest absolute Gasteiger partial charge is 0.389 e. The number of aliphatic hydroxyl groups excluding tert-OH is 1. The first-order valence-corrected chi connectivity index (χ1v) is 9.48. The molecule has 0 radical (unpaired) electrons. The fourth-order valence-corrected chi connectivity index (χ4v) is 3.01. The van der Waals surface area contributed by atoms with Gasteiger partial charge in [-0.2, -0.15) is 0 Å². The maximum atomic E-state index is 12.9. The zero-order valence-corrected chi connectivity index (χ0v) is 16.0. The van der Waals surface area contributed by atoms with E-state index in [1.165, 1.54) is 17.7 Å². The predicted molar refractivity (Wildman–Crippen MR) is 110 cm³/mol. The van der Waals surface area contributed by atoms with Gasteiger partial charge in [-0.25, -0.2) is 4.39 Å². The van der Waals surface area contributed by atoms with E-state index < -0.39 is 6.10 Å². The van der Waals surface area contributed by atoms with Crippen molar-refractivity contribution in [2.45, 2.75) is 25.7 Å². The average molecular weight is 379 g/mol. The molecule has 3 nitrogen and oxygen atoms in total. The molecule has 2 N–H and O–H groups in total. The maximum Gasteiger partial charge on any atom is 0.123 e. The monoisotopic (exact) mass is 379 g/mol. The van der Waals surface area contributed by atoms with Crippen LogP contribution in [0.4, 0.5) is 4.39 Å². The van der Waals surface area contributed by atoms with Crippen molar-refractivity contribution in [3.05, 3.63) is 107 Å². The van der Waals surface area contributed by atoms with E-state index in [1.54, 1.807) is 12.1 Å². The van der Waals surface area contributed by atoms with Crippen molar-refractivity contribution >= 4 is 0 Å². The molecular weight excluding hydrogens is 353 g/mol. The van der Waals surface area contributed by atoms with Crippen molar-refractivity contribution in [1.82, 2.24) is 5.32 Å². The van der Waals surface area contributed by atoms with Gasteiger partial charge in [-0.3, -0.25) is 0 Å². The molecule has 0 aliphatic heterocycles. The summed E-state index contributed by atoms with van der Waals surface area (Å²) in [5.41, 5.74) is 4.28. The molecule has 0 bridgehead atoms. The number of hydrogen-bond donors (Lipinski definition) is 2. The van der Waals surface area contributed by atoms with Crippen LogP contribution in [0.25, 0.3) is 0 Å². The molecule has 0 saturated carbocycles. The second-order valence-corrected chi connectivity index (χ2v) is 6.95. The van der Waals surface area contributed by atoms with Gasteiger partial charge in [0.05, 0.1) is 12.7 Å². The predicted octanol–water partition coefficient (Wildman–Crippen LogP) is 4.39. The van der Waals surface area contributed by atoms with E-state index in [0.717, 1.165) is 16.7 Å². The summed E-state index contributed by atoms with van der Waals surface area (Å²) in [5, 5.41) is 13.5. The average Bonchev–Trinajstić information content (AvgIpc) is 2.72. The molecule has 3 aromatic carbocycles. The number of rotatable bonds is 9. The second kappa shape index (κ2) is 10.1. The molecule has 28 heavy (non-hydrogen) atoms. The molecule has 0 spiro atoms. The third-order valence-corrected chi connectivity index (χ3v) is 4.56. The molecule has 0 amide bonds. The number of nitrogens with one attached hydrogen (secondary N) is 1. The van der Waals surface area contributed by atoms with Crippen LogP contribution in [0.15, 0.2) is 78.9 Å². The van der Waals surface area contributed by atoms with Crippen molar-refractivity contribution < 1.29 is 14.2 Å². The molecule has 4 heteroatoms. The Balaban J connectivity index is 1.55. The smallest absolute Gasteiger partial charge is 0.123 e. The minimum Gasteiger partial charge on any atom is -0.389 e. The maximum absolute atomic E-state index is 12.9. The van der Waals surface area contributed by atoms with E-state index in [9.17, 15) is 9.50 Å². The van der Waals surface area contributed by atoms with Gasteiger partial charge in [-0.15, -0.1) is 0 Å². The van der Waals surface area contributed by atoms with Gasteiger partial charge in [-0.05, 0) is 35.7 Å². The minimum atomic E-state index is -0.642. The van der Waals surface area contributed by atoms with Gasteiger partial charge in [0.25, 0.3) is 0 Å².